The Bertz CT molecular complexity index is 636. The Labute approximate surface area is 147 Å². The van der Waals surface area contributed by atoms with Gasteiger partial charge in [0.25, 0.3) is 5.91 Å². The second-order valence-corrected chi connectivity index (χ2v) is 7.54. The molecule has 1 aromatic rings. The maximum atomic E-state index is 12.3. The van der Waals surface area contributed by atoms with E-state index >= 15 is 0 Å². The average molecular weight is 343 g/mol. The molecular formula is C19H25N3O3. The van der Waals surface area contributed by atoms with Crippen LogP contribution in [-0.4, -0.2) is 35.5 Å². The van der Waals surface area contributed by atoms with E-state index in [-0.39, 0.29) is 36.4 Å². The van der Waals surface area contributed by atoms with Gasteiger partial charge in [-0.25, -0.2) is 0 Å². The highest BCUT2D eigenvalue weighted by molar-refractivity contribution is 5.81. The second kappa shape index (κ2) is 7.02. The molecule has 5 atom stereocenters. The molecule has 1 saturated heterocycles. The number of ether oxygens (including phenoxy) is 1. The van der Waals surface area contributed by atoms with Gasteiger partial charge in [-0.15, -0.1) is 0 Å². The lowest BCUT2D eigenvalue weighted by Crippen LogP contribution is -2.57. The molecule has 5 unspecified atom stereocenters. The topological polar surface area (TPSA) is 80.3 Å². The number of aromatic nitrogens is 1. The van der Waals surface area contributed by atoms with Crippen molar-refractivity contribution in [3.63, 3.8) is 0 Å². The van der Waals surface area contributed by atoms with Crippen LogP contribution >= 0.6 is 0 Å². The summed E-state index contributed by atoms with van der Waals surface area (Å²) in [6.07, 6.45) is 9.57. The first-order valence-electron chi connectivity index (χ1n) is 9.33. The number of nitrogens with one attached hydrogen (secondary N) is 2. The summed E-state index contributed by atoms with van der Waals surface area (Å²) in [6, 6.07) is 3.88. The first-order chi connectivity index (χ1) is 12.2. The van der Waals surface area contributed by atoms with Crippen LogP contribution in [0.5, 0.6) is 5.75 Å². The van der Waals surface area contributed by atoms with E-state index < -0.39 is 0 Å². The van der Waals surface area contributed by atoms with Gasteiger partial charge in [0.1, 0.15) is 5.75 Å². The number of amides is 2. The SMILES string of the molecule is O=C(COc1cccnc1)NC1CCC2C(C1)NC(=O)C1CCCC12. The molecule has 3 aliphatic rings. The van der Waals surface area contributed by atoms with Crippen molar-refractivity contribution in [2.75, 3.05) is 6.61 Å². The molecule has 25 heavy (non-hydrogen) atoms. The third-order valence-electron chi connectivity index (χ3n) is 6.06. The highest BCUT2D eigenvalue weighted by Crippen LogP contribution is 2.45. The van der Waals surface area contributed by atoms with Gasteiger partial charge >= 0.3 is 0 Å². The lowest BCUT2D eigenvalue weighted by molar-refractivity contribution is -0.132. The molecule has 0 bridgehead atoms. The summed E-state index contributed by atoms with van der Waals surface area (Å²) in [6.45, 7) is -0.00660. The third kappa shape index (κ3) is 3.48. The minimum absolute atomic E-state index is 0.00660. The zero-order valence-corrected chi connectivity index (χ0v) is 14.3. The van der Waals surface area contributed by atoms with Crippen LogP contribution in [0.15, 0.2) is 24.5 Å². The van der Waals surface area contributed by atoms with Gasteiger partial charge in [0, 0.05) is 24.2 Å². The number of fused-ring (bicyclic) bond motifs is 3. The highest BCUT2D eigenvalue weighted by atomic mass is 16.5. The summed E-state index contributed by atoms with van der Waals surface area (Å²) in [5.41, 5.74) is 0. The van der Waals surface area contributed by atoms with Crippen LogP contribution in [-0.2, 0) is 9.59 Å². The molecule has 0 aromatic carbocycles. The first kappa shape index (κ1) is 16.4. The van der Waals surface area contributed by atoms with E-state index in [0.29, 0.717) is 17.6 Å². The highest BCUT2D eigenvalue weighted by Gasteiger charge is 2.48. The first-order valence-corrected chi connectivity index (χ1v) is 9.33. The summed E-state index contributed by atoms with van der Waals surface area (Å²) in [5, 5.41) is 6.28. The Kier molecular flexibility index (Phi) is 4.59. The van der Waals surface area contributed by atoms with Gasteiger partial charge in [-0.05, 0) is 56.1 Å². The largest absolute Gasteiger partial charge is 0.482 e. The summed E-state index contributed by atoms with van der Waals surface area (Å²) in [7, 11) is 0. The van der Waals surface area contributed by atoms with Crippen LogP contribution in [0, 0.1) is 17.8 Å². The standard InChI is InChI=1S/C19H25N3O3/c23-18(11-25-13-3-2-8-20-10-13)21-12-6-7-15-14-4-1-5-16(14)19(24)22-17(15)9-12/h2-3,8,10,12,14-17H,1,4-7,9,11H2,(H,21,23)(H,22,24). The summed E-state index contributed by atoms with van der Waals surface area (Å²) in [4.78, 5) is 28.4. The van der Waals surface area contributed by atoms with Gasteiger partial charge < -0.3 is 15.4 Å². The average Bonchev–Trinajstić information content (AvgIpc) is 3.11. The Morgan fingerprint density at radius 3 is 3.04 bits per heavy atom. The molecule has 2 saturated carbocycles. The van der Waals surface area contributed by atoms with Crippen molar-refractivity contribution in [2.24, 2.45) is 17.8 Å². The smallest absolute Gasteiger partial charge is 0.258 e. The van der Waals surface area contributed by atoms with E-state index in [0.717, 1.165) is 25.7 Å². The molecule has 2 N–H and O–H groups in total. The fourth-order valence-corrected chi connectivity index (χ4v) is 4.97. The Morgan fingerprint density at radius 1 is 1.28 bits per heavy atom. The van der Waals surface area contributed by atoms with Crippen molar-refractivity contribution < 1.29 is 14.3 Å². The van der Waals surface area contributed by atoms with Gasteiger partial charge in [-0.3, -0.25) is 14.6 Å². The molecule has 134 valence electrons. The summed E-state index contributed by atoms with van der Waals surface area (Å²) in [5.74, 6) is 2.09. The summed E-state index contributed by atoms with van der Waals surface area (Å²) < 4.78 is 5.45. The van der Waals surface area contributed by atoms with Crippen molar-refractivity contribution >= 4 is 11.8 Å². The molecule has 2 aliphatic carbocycles. The van der Waals surface area contributed by atoms with Gasteiger partial charge in [-0.2, -0.15) is 0 Å². The second-order valence-electron chi connectivity index (χ2n) is 7.54. The normalized spacial score (nSPS) is 33.8. The van der Waals surface area contributed by atoms with Crippen LogP contribution in [0.1, 0.15) is 38.5 Å². The number of nitrogens with zero attached hydrogens (tertiary/aromatic N) is 1. The van der Waals surface area contributed by atoms with E-state index in [1.807, 2.05) is 0 Å². The van der Waals surface area contributed by atoms with E-state index in [9.17, 15) is 9.59 Å². The zero-order chi connectivity index (χ0) is 17.2. The summed E-state index contributed by atoms with van der Waals surface area (Å²) >= 11 is 0. The minimum Gasteiger partial charge on any atom is -0.482 e. The Hall–Kier alpha value is -2.11. The van der Waals surface area contributed by atoms with Crippen LogP contribution < -0.4 is 15.4 Å². The molecular weight excluding hydrogens is 318 g/mol. The van der Waals surface area contributed by atoms with E-state index in [1.165, 1.54) is 12.8 Å². The van der Waals surface area contributed by atoms with Crippen molar-refractivity contribution in [1.82, 2.24) is 15.6 Å². The van der Waals surface area contributed by atoms with Crippen LogP contribution in [0.2, 0.25) is 0 Å². The minimum atomic E-state index is -0.117. The van der Waals surface area contributed by atoms with Gasteiger partial charge in [-0.1, -0.05) is 6.42 Å². The molecule has 0 spiro atoms. The zero-order valence-electron chi connectivity index (χ0n) is 14.3. The molecule has 0 radical (unpaired) electrons. The van der Waals surface area contributed by atoms with Crippen LogP contribution in [0.25, 0.3) is 0 Å². The number of piperidine rings is 1. The maximum absolute atomic E-state index is 12.3. The molecule has 4 rings (SSSR count). The van der Waals surface area contributed by atoms with Crippen LogP contribution in [0.3, 0.4) is 0 Å². The number of hydrogen-bond acceptors (Lipinski definition) is 4. The van der Waals surface area contributed by atoms with Gasteiger partial charge in [0.05, 0.1) is 6.20 Å². The van der Waals surface area contributed by atoms with Crippen molar-refractivity contribution in [3.05, 3.63) is 24.5 Å². The molecule has 2 amide bonds. The molecule has 1 aliphatic heterocycles. The third-order valence-corrected chi connectivity index (χ3v) is 6.06. The molecule has 6 heteroatoms. The monoisotopic (exact) mass is 343 g/mol. The van der Waals surface area contributed by atoms with Gasteiger partial charge in [0.15, 0.2) is 6.61 Å². The lowest BCUT2D eigenvalue weighted by Gasteiger charge is -2.45. The van der Waals surface area contributed by atoms with Gasteiger partial charge in [0.2, 0.25) is 5.91 Å². The predicted octanol–water partition coefficient (Wildman–Crippen LogP) is 1.66. The number of pyridine rings is 1. The van der Waals surface area contributed by atoms with Crippen molar-refractivity contribution in [3.8, 4) is 5.75 Å². The van der Waals surface area contributed by atoms with Crippen molar-refractivity contribution in [1.29, 1.82) is 0 Å². The number of rotatable bonds is 4. The van der Waals surface area contributed by atoms with E-state index in [4.69, 9.17) is 4.74 Å². The number of carbonyl (C=O) groups excluding carboxylic acids is 2. The lowest BCUT2D eigenvalue weighted by atomic mass is 9.68. The molecule has 3 fully saturated rings. The fraction of sp³-hybridized carbons (Fsp3) is 0.632. The Balaban J connectivity index is 1.29. The van der Waals surface area contributed by atoms with Crippen LogP contribution in [0.4, 0.5) is 0 Å². The maximum Gasteiger partial charge on any atom is 0.258 e. The molecule has 1 aromatic heterocycles. The Morgan fingerprint density at radius 2 is 2.20 bits per heavy atom. The number of carbonyl (C=O) groups is 2. The molecule has 6 nitrogen and oxygen atoms in total. The van der Waals surface area contributed by atoms with E-state index in [1.54, 1.807) is 24.5 Å². The number of hydrogen-bond donors (Lipinski definition) is 2. The molecule has 2 heterocycles. The quantitative estimate of drug-likeness (QED) is 0.871. The van der Waals surface area contributed by atoms with E-state index in [2.05, 4.69) is 15.6 Å². The fourth-order valence-electron chi connectivity index (χ4n) is 4.97. The predicted molar refractivity (Wildman–Crippen MR) is 91.8 cm³/mol. The van der Waals surface area contributed by atoms with Crippen molar-refractivity contribution in [2.45, 2.75) is 50.6 Å².